The average Bonchev–Trinajstić information content (AvgIpc) is 3.12. The van der Waals surface area contributed by atoms with Crippen LogP contribution in [0.25, 0.3) is 4.96 Å². The Labute approximate surface area is 159 Å². The Bertz CT molecular complexity index is 806. The van der Waals surface area contributed by atoms with E-state index in [2.05, 4.69) is 10.1 Å². The molecular weight excluding hydrogens is 419 g/mol. The van der Waals surface area contributed by atoms with Crippen molar-refractivity contribution in [2.24, 2.45) is 5.92 Å². The molecule has 0 saturated carbocycles. The molecule has 0 amide bonds. The molecule has 2 unspecified atom stereocenters. The Balaban J connectivity index is 1.88. The molecule has 0 spiro atoms. The van der Waals surface area contributed by atoms with Crippen molar-refractivity contribution in [3.8, 4) is 0 Å². The number of nitrogens with zero attached hydrogens (tertiary/aromatic N) is 4. The van der Waals surface area contributed by atoms with Crippen LogP contribution in [-0.4, -0.2) is 49.9 Å². The highest BCUT2D eigenvalue weighted by Crippen LogP contribution is 2.37. The SMILES string of the molecule is COCc1nn2c(CN3CC(CC(F)(F)Cl)CC3O)c(C(F)(F)F)nc2s1. The van der Waals surface area contributed by atoms with Gasteiger partial charge in [0.15, 0.2) is 5.69 Å². The maximum Gasteiger partial charge on any atom is 0.435 e. The first-order chi connectivity index (χ1) is 12.5. The lowest BCUT2D eigenvalue weighted by molar-refractivity contribution is -0.142. The quantitative estimate of drug-likeness (QED) is 0.558. The van der Waals surface area contributed by atoms with Crippen molar-refractivity contribution < 1.29 is 31.8 Å². The highest BCUT2D eigenvalue weighted by Gasteiger charge is 2.42. The molecular formula is C14H16ClF5N4O2S. The van der Waals surface area contributed by atoms with Crippen LogP contribution < -0.4 is 0 Å². The number of aliphatic hydroxyl groups excluding tert-OH is 1. The smallest absolute Gasteiger partial charge is 0.378 e. The molecule has 2 atom stereocenters. The van der Waals surface area contributed by atoms with Gasteiger partial charge in [0.05, 0.1) is 12.3 Å². The minimum Gasteiger partial charge on any atom is -0.378 e. The molecule has 1 saturated heterocycles. The summed E-state index contributed by atoms with van der Waals surface area (Å²) in [6.07, 6.45) is -6.53. The highest BCUT2D eigenvalue weighted by atomic mass is 35.5. The first-order valence-electron chi connectivity index (χ1n) is 7.90. The maximum absolute atomic E-state index is 13.4. The van der Waals surface area contributed by atoms with Crippen molar-refractivity contribution in [2.45, 2.75) is 43.8 Å². The van der Waals surface area contributed by atoms with E-state index in [-0.39, 0.29) is 36.8 Å². The summed E-state index contributed by atoms with van der Waals surface area (Å²) in [4.78, 5) is 4.96. The van der Waals surface area contributed by atoms with Crippen LogP contribution in [-0.2, 0) is 24.1 Å². The van der Waals surface area contributed by atoms with E-state index in [1.54, 1.807) is 0 Å². The fourth-order valence-corrected chi connectivity index (χ4v) is 4.30. The molecule has 2 aromatic heterocycles. The first kappa shape index (κ1) is 20.6. The number of halogens is 6. The zero-order chi connectivity index (χ0) is 20.0. The number of methoxy groups -OCH3 is 1. The predicted molar refractivity (Wildman–Crippen MR) is 86.5 cm³/mol. The third-order valence-corrected chi connectivity index (χ3v) is 5.24. The number of imidazole rings is 1. The van der Waals surface area contributed by atoms with E-state index in [1.165, 1.54) is 12.0 Å². The molecule has 2 aromatic rings. The minimum absolute atomic E-state index is 0.00238. The number of hydrogen-bond acceptors (Lipinski definition) is 6. The Morgan fingerprint density at radius 3 is 2.63 bits per heavy atom. The second-order valence-corrected chi connectivity index (χ2v) is 7.95. The molecule has 3 heterocycles. The normalized spacial score (nSPS) is 22.2. The Morgan fingerprint density at radius 2 is 2.04 bits per heavy atom. The molecule has 13 heteroatoms. The number of ether oxygens (including phenoxy) is 1. The van der Waals surface area contributed by atoms with Crippen LogP contribution in [0.1, 0.15) is 29.2 Å². The van der Waals surface area contributed by atoms with E-state index in [9.17, 15) is 27.1 Å². The molecule has 0 bridgehead atoms. The number of likely N-dealkylation sites (tertiary alicyclic amines) is 1. The van der Waals surface area contributed by atoms with Crippen molar-refractivity contribution in [2.75, 3.05) is 13.7 Å². The fraction of sp³-hybridized carbons (Fsp3) is 0.714. The van der Waals surface area contributed by atoms with Crippen LogP contribution in [0.4, 0.5) is 22.0 Å². The third-order valence-electron chi connectivity index (χ3n) is 4.21. The van der Waals surface area contributed by atoms with Crippen LogP contribution in [0.15, 0.2) is 0 Å². The standard InChI is InChI=1S/C14H16ClF5N4O2S/c1-26-6-9-22-24-8(11(14(18,19)20)21-12(24)27-9)5-23-4-7(2-10(23)25)3-13(15,16)17/h7,10,25H,2-6H2,1H3. The predicted octanol–water partition coefficient (Wildman–Crippen LogP) is 3.32. The van der Waals surface area contributed by atoms with Gasteiger partial charge < -0.3 is 9.84 Å². The van der Waals surface area contributed by atoms with E-state index in [0.29, 0.717) is 5.01 Å². The lowest BCUT2D eigenvalue weighted by Gasteiger charge is -2.20. The Hall–Kier alpha value is -1.08. The Morgan fingerprint density at radius 1 is 1.33 bits per heavy atom. The number of aliphatic hydroxyl groups is 1. The number of hydrogen-bond donors (Lipinski definition) is 1. The van der Waals surface area contributed by atoms with Gasteiger partial charge in [0.25, 0.3) is 0 Å². The third kappa shape index (κ3) is 4.67. The van der Waals surface area contributed by atoms with Crippen molar-refractivity contribution in [1.29, 1.82) is 0 Å². The van der Waals surface area contributed by atoms with Gasteiger partial charge in [-0.3, -0.25) is 4.90 Å². The summed E-state index contributed by atoms with van der Waals surface area (Å²) in [6, 6.07) is 0. The maximum atomic E-state index is 13.4. The number of alkyl halides is 6. The lowest BCUT2D eigenvalue weighted by atomic mass is 10.1. The molecule has 0 aliphatic carbocycles. The summed E-state index contributed by atoms with van der Waals surface area (Å²) in [7, 11) is 1.43. The van der Waals surface area contributed by atoms with E-state index >= 15 is 0 Å². The second-order valence-electron chi connectivity index (χ2n) is 6.36. The van der Waals surface area contributed by atoms with Crippen LogP contribution in [0, 0.1) is 5.92 Å². The summed E-state index contributed by atoms with van der Waals surface area (Å²) >= 11 is 5.89. The molecule has 0 radical (unpaired) electrons. The molecule has 152 valence electrons. The fourth-order valence-electron chi connectivity index (χ4n) is 3.19. The van der Waals surface area contributed by atoms with Gasteiger partial charge in [0.1, 0.15) is 11.2 Å². The van der Waals surface area contributed by atoms with Crippen molar-refractivity contribution in [3.63, 3.8) is 0 Å². The van der Waals surface area contributed by atoms with Gasteiger partial charge in [0.2, 0.25) is 4.96 Å². The topological polar surface area (TPSA) is 62.9 Å². The molecule has 1 fully saturated rings. The molecule has 1 aliphatic heterocycles. The monoisotopic (exact) mass is 434 g/mol. The summed E-state index contributed by atoms with van der Waals surface area (Å²) in [6.45, 7) is -0.227. The molecule has 1 aliphatic rings. The molecule has 6 nitrogen and oxygen atoms in total. The minimum atomic E-state index is -4.71. The zero-order valence-corrected chi connectivity index (χ0v) is 15.6. The molecule has 0 aromatic carbocycles. The number of rotatable bonds is 6. The van der Waals surface area contributed by atoms with Crippen LogP contribution in [0.2, 0.25) is 0 Å². The van der Waals surface area contributed by atoms with Crippen LogP contribution in [0.5, 0.6) is 0 Å². The van der Waals surface area contributed by atoms with Gasteiger partial charge in [-0.2, -0.15) is 27.1 Å². The van der Waals surface area contributed by atoms with E-state index in [0.717, 1.165) is 15.9 Å². The van der Waals surface area contributed by atoms with Crippen molar-refractivity contribution in [1.82, 2.24) is 19.5 Å². The van der Waals surface area contributed by atoms with Crippen molar-refractivity contribution in [3.05, 3.63) is 16.4 Å². The van der Waals surface area contributed by atoms with E-state index < -0.39 is 35.8 Å². The first-order valence-corrected chi connectivity index (χ1v) is 9.09. The summed E-state index contributed by atoms with van der Waals surface area (Å²) in [5.74, 6) is -0.635. The van der Waals surface area contributed by atoms with Crippen molar-refractivity contribution >= 4 is 27.9 Å². The number of aromatic nitrogens is 3. The van der Waals surface area contributed by atoms with Gasteiger partial charge in [0, 0.05) is 26.6 Å². The van der Waals surface area contributed by atoms with E-state index in [4.69, 9.17) is 16.3 Å². The highest BCUT2D eigenvalue weighted by molar-refractivity contribution is 7.16. The van der Waals surface area contributed by atoms with Gasteiger partial charge in [-0.05, 0) is 23.9 Å². The molecule has 1 N–H and O–H groups in total. The summed E-state index contributed by atoms with van der Waals surface area (Å²) in [5.41, 5.74) is -1.36. The number of fused-ring (bicyclic) bond motifs is 1. The van der Waals surface area contributed by atoms with E-state index in [1.807, 2.05) is 0 Å². The van der Waals surface area contributed by atoms with Crippen LogP contribution >= 0.6 is 22.9 Å². The van der Waals surface area contributed by atoms with Gasteiger partial charge in [-0.1, -0.05) is 11.3 Å². The Kier molecular flexibility index (Phi) is 5.65. The summed E-state index contributed by atoms with van der Waals surface area (Å²) in [5, 5.41) is 11.2. The van der Waals surface area contributed by atoms with Gasteiger partial charge in [-0.25, -0.2) is 9.50 Å². The van der Waals surface area contributed by atoms with Gasteiger partial charge >= 0.3 is 11.6 Å². The lowest BCUT2D eigenvalue weighted by Crippen LogP contribution is -2.30. The van der Waals surface area contributed by atoms with Crippen LogP contribution in [0.3, 0.4) is 0 Å². The second kappa shape index (κ2) is 7.39. The van der Waals surface area contributed by atoms with Gasteiger partial charge in [-0.15, -0.1) is 0 Å². The average molecular weight is 435 g/mol. The molecule has 27 heavy (non-hydrogen) atoms. The summed E-state index contributed by atoms with van der Waals surface area (Å²) < 4.78 is 72.1. The molecule has 3 rings (SSSR count). The largest absolute Gasteiger partial charge is 0.435 e. The zero-order valence-electron chi connectivity index (χ0n) is 14.0.